The molecule has 0 aromatic carbocycles. The molecule has 0 saturated carbocycles. The second-order valence-electron chi connectivity index (χ2n) is 4.64. The third-order valence-electron chi connectivity index (χ3n) is 3.14. The van der Waals surface area contributed by atoms with Crippen molar-refractivity contribution in [1.82, 2.24) is 30.4 Å². The van der Waals surface area contributed by atoms with Crippen molar-refractivity contribution in [2.75, 3.05) is 0 Å². The van der Waals surface area contributed by atoms with Crippen LogP contribution in [0.5, 0.6) is 0 Å². The summed E-state index contributed by atoms with van der Waals surface area (Å²) in [7, 11) is 0. The van der Waals surface area contributed by atoms with Crippen LogP contribution >= 0.6 is 11.3 Å². The number of amides is 3. The summed E-state index contributed by atoms with van der Waals surface area (Å²) in [6.07, 6.45) is 0.307. The Kier molecular flexibility index (Phi) is 3.42. The van der Waals surface area contributed by atoms with Crippen LogP contribution in [0.4, 0.5) is 4.79 Å². The van der Waals surface area contributed by atoms with E-state index in [0.717, 1.165) is 10.7 Å². The van der Waals surface area contributed by atoms with E-state index in [2.05, 4.69) is 25.7 Å². The van der Waals surface area contributed by atoms with E-state index >= 15 is 0 Å². The highest BCUT2D eigenvalue weighted by Gasteiger charge is 2.31. The Bertz CT molecular complexity index is 706. The molecule has 0 bridgehead atoms. The molecule has 0 spiro atoms. The van der Waals surface area contributed by atoms with Crippen LogP contribution in [-0.4, -0.2) is 37.7 Å². The molecule has 3 amide bonds. The summed E-state index contributed by atoms with van der Waals surface area (Å²) in [5, 5.41) is 12.0. The summed E-state index contributed by atoms with van der Waals surface area (Å²) in [5.74, 6) is 0.859. The van der Waals surface area contributed by atoms with Crippen LogP contribution in [0.25, 0.3) is 11.5 Å². The molecule has 1 aliphatic heterocycles. The molecule has 2 N–H and O–H groups in total. The Labute approximate surface area is 124 Å². The predicted octanol–water partition coefficient (Wildman–Crippen LogP) is 0.480. The number of aromatic nitrogens is 4. The van der Waals surface area contributed by atoms with Gasteiger partial charge in [0.1, 0.15) is 17.6 Å². The number of nitrogens with one attached hydrogen (secondary N) is 2. The first kappa shape index (κ1) is 13.7. The second-order valence-corrected chi connectivity index (χ2v) is 5.70. The molecule has 9 heteroatoms. The van der Waals surface area contributed by atoms with Gasteiger partial charge in [0.2, 0.25) is 5.82 Å². The quantitative estimate of drug-likeness (QED) is 0.800. The van der Waals surface area contributed by atoms with E-state index in [-0.39, 0.29) is 5.91 Å². The number of thiazole rings is 1. The molecular formula is C12H14N6O2S. The van der Waals surface area contributed by atoms with Crippen molar-refractivity contribution in [2.45, 2.75) is 32.9 Å². The molecule has 2 aromatic rings. The Balaban J connectivity index is 1.86. The summed E-state index contributed by atoms with van der Waals surface area (Å²) in [6.45, 7) is 4.50. The first-order valence-corrected chi connectivity index (χ1v) is 7.42. The van der Waals surface area contributed by atoms with Gasteiger partial charge in [-0.3, -0.25) is 10.1 Å². The summed E-state index contributed by atoms with van der Waals surface area (Å²) in [4.78, 5) is 31.6. The standard InChI is InChI=1S/C12H14N6O2S/c1-3-18-9(4-7-11(19)16-12(20)14-7)15-10(17-18)8-5-21-6(2)13-8/h5,7H,3-4H2,1-2H3,(H2,14,16,19,20)/t7-/m0/s1. The van der Waals surface area contributed by atoms with E-state index in [4.69, 9.17) is 0 Å². The summed E-state index contributed by atoms with van der Waals surface area (Å²) < 4.78 is 1.72. The van der Waals surface area contributed by atoms with E-state index in [9.17, 15) is 9.59 Å². The van der Waals surface area contributed by atoms with Gasteiger partial charge in [0.15, 0.2) is 0 Å². The van der Waals surface area contributed by atoms with Gasteiger partial charge in [-0.15, -0.1) is 16.4 Å². The van der Waals surface area contributed by atoms with Gasteiger partial charge in [0, 0.05) is 18.3 Å². The highest BCUT2D eigenvalue weighted by molar-refractivity contribution is 7.09. The number of carbonyl (C=O) groups is 2. The molecule has 8 nitrogen and oxygen atoms in total. The molecule has 0 radical (unpaired) electrons. The van der Waals surface area contributed by atoms with Gasteiger partial charge in [-0.2, -0.15) is 0 Å². The fourth-order valence-electron chi connectivity index (χ4n) is 2.14. The lowest BCUT2D eigenvalue weighted by Gasteiger charge is -2.06. The predicted molar refractivity (Wildman–Crippen MR) is 75.7 cm³/mol. The van der Waals surface area contributed by atoms with Crippen LogP contribution < -0.4 is 10.6 Å². The van der Waals surface area contributed by atoms with E-state index < -0.39 is 12.1 Å². The SMILES string of the molecule is CCn1nc(-c2csc(C)n2)nc1C[C@@H]1NC(=O)NC1=O. The molecular weight excluding hydrogens is 292 g/mol. The lowest BCUT2D eigenvalue weighted by Crippen LogP contribution is -2.32. The minimum Gasteiger partial charge on any atom is -0.326 e. The average Bonchev–Trinajstić information content (AvgIpc) is 3.10. The molecule has 1 fully saturated rings. The topological polar surface area (TPSA) is 102 Å². The Morgan fingerprint density at radius 1 is 1.38 bits per heavy atom. The van der Waals surface area contributed by atoms with Crippen LogP contribution in [0.1, 0.15) is 17.8 Å². The molecule has 2 aromatic heterocycles. The van der Waals surface area contributed by atoms with Crippen LogP contribution in [0, 0.1) is 6.92 Å². The number of imide groups is 1. The van der Waals surface area contributed by atoms with Gasteiger partial charge in [-0.1, -0.05) is 0 Å². The molecule has 1 saturated heterocycles. The van der Waals surface area contributed by atoms with Gasteiger partial charge in [-0.25, -0.2) is 19.4 Å². The number of hydrogen-bond donors (Lipinski definition) is 2. The van der Waals surface area contributed by atoms with Gasteiger partial charge < -0.3 is 5.32 Å². The maximum Gasteiger partial charge on any atom is 0.322 e. The number of rotatable bonds is 4. The van der Waals surface area contributed by atoms with Crippen molar-refractivity contribution in [3.8, 4) is 11.5 Å². The maximum absolute atomic E-state index is 11.6. The van der Waals surface area contributed by atoms with Crippen molar-refractivity contribution in [3.05, 3.63) is 16.2 Å². The Morgan fingerprint density at radius 3 is 2.76 bits per heavy atom. The second kappa shape index (κ2) is 5.24. The van der Waals surface area contributed by atoms with Gasteiger partial charge in [0.05, 0.1) is 5.01 Å². The summed E-state index contributed by atoms with van der Waals surface area (Å²) in [6, 6.07) is -1.07. The molecule has 1 aliphatic rings. The van der Waals surface area contributed by atoms with Crippen molar-refractivity contribution < 1.29 is 9.59 Å². The molecule has 3 rings (SSSR count). The first-order chi connectivity index (χ1) is 10.1. The fourth-order valence-corrected chi connectivity index (χ4v) is 2.73. The zero-order chi connectivity index (χ0) is 15.0. The third kappa shape index (κ3) is 2.64. The molecule has 21 heavy (non-hydrogen) atoms. The van der Waals surface area contributed by atoms with Crippen LogP contribution in [0.15, 0.2) is 5.38 Å². The Hall–Kier alpha value is -2.29. The Morgan fingerprint density at radius 2 is 2.19 bits per heavy atom. The third-order valence-corrected chi connectivity index (χ3v) is 3.91. The van der Waals surface area contributed by atoms with Gasteiger partial charge >= 0.3 is 6.03 Å². The van der Waals surface area contributed by atoms with Crippen molar-refractivity contribution in [3.63, 3.8) is 0 Å². The van der Waals surface area contributed by atoms with Crippen LogP contribution in [0.3, 0.4) is 0 Å². The number of hydrogen-bond acceptors (Lipinski definition) is 6. The van der Waals surface area contributed by atoms with Crippen LogP contribution in [0.2, 0.25) is 0 Å². The van der Waals surface area contributed by atoms with E-state index in [1.54, 1.807) is 4.68 Å². The molecule has 110 valence electrons. The number of carbonyl (C=O) groups excluding carboxylic acids is 2. The lowest BCUT2D eigenvalue weighted by atomic mass is 10.2. The van der Waals surface area contributed by atoms with Gasteiger partial charge in [0.25, 0.3) is 5.91 Å². The maximum atomic E-state index is 11.6. The molecule has 3 heterocycles. The zero-order valence-corrected chi connectivity index (χ0v) is 12.4. The minimum absolute atomic E-state index is 0.307. The molecule has 0 unspecified atom stereocenters. The van der Waals surface area contributed by atoms with E-state index in [0.29, 0.717) is 24.6 Å². The van der Waals surface area contributed by atoms with Crippen molar-refractivity contribution in [1.29, 1.82) is 0 Å². The highest BCUT2D eigenvalue weighted by atomic mass is 32.1. The first-order valence-electron chi connectivity index (χ1n) is 6.54. The van der Waals surface area contributed by atoms with E-state index in [1.165, 1.54) is 11.3 Å². The minimum atomic E-state index is -0.600. The normalized spacial score (nSPS) is 17.9. The molecule has 0 aliphatic carbocycles. The average molecular weight is 306 g/mol. The number of aryl methyl sites for hydroxylation is 2. The smallest absolute Gasteiger partial charge is 0.322 e. The van der Waals surface area contributed by atoms with E-state index in [1.807, 2.05) is 19.2 Å². The monoisotopic (exact) mass is 306 g/mol. The fraction of sp³-hybridized carbons (Fsp3) is 0.417. The lowest BCUT2D eigenvalue weighted by molar-refractivity contribution is -0.120. The zero-order valence-electron chi connectivity index (χ0n) is 11.6. The summed E-state index contributed by atoms with van der Waals surface area (Å²) in [5.41, 5.74) is 0.728. The van der Waals surface area contributed by atoms with Crippen molar-refractivity contribution in [2.24, 2.45) is 0 Å². The van der Waals surface area contributed by atoms with Crippen molar-refractivity contribution >= 4 is 23.3 Å². The number of urea groups is 1. The van der Waals surface area contributed by atoms with Crippen LogP contribution in [-0.2, 0) is 17.8 Å². The highest BCUT2D eigenvalue weighted by Crippen LogP contribution is 2.19. The number of nitrogens with zero attached hydrogens (tertiary/aromatic N) is 4. The largest absolute Gasteiger partial charge is 0.326 e. The summed E-state index contributed by atoms with van der Waals surface area (Å²) >= 11 is 1.53. The molecule has 1 atom stereocenters. The van der Waals surface area contributed by atoms with Gasteiger partial charge in [-0.05, 0) is 13.8 Å².